The Hall–Kier alpha value is -2.11. The summed E-state index contributed by atoms with van der Waals surface area (Å²) in [6.07, 6.45) is 3.21. The molecule has 0 radical (unpaired) electrons. The van der Waals surface area contributed by atoms with Crippen LogP contribution in [0.15, 0.2) is 18.2 Å². The van der Waals surface area contributed by atoms with Gasteiger partial charge in [-0.15, -0.1) is 0 Å². The predicted molar refractivity (Wildman–Crippen MR) is 79.4 cm³/mol. The van der Waals surface area contributed by atoms with Gasteiger partial charge in [-0.25, -0.2) is 0 Å². The number of non-ortho nitro benzene ring substituents is 1. The van der Waals surface area contributed by atoms with Crippen molar-refractivity contribution in [1.82, 2.24) is 0 Å². The topological polar surface area (TPSA) is 92.5 Å². The summed E-state index contributed by atoms with van der Waals surface area (Å²) in [6.45, 7) is 2.56. The molecule has 2 rings (SSSR count). The molecular formula is C15H20N2O4. The zero-order valence-corrected chi connectivity index (χ0v) is 12.0. The van der Waals surface area contributed by atoms with Crippen molar-refractivity contribution in [2.45, 2.75) is 32.6 Å². The van der Waals surface area contributed by atoms with Gasteiger partial charge < -0.3 is 10.4 Å². The number of nitro groups is 1. The molecule has 0 saturated heterocycles. The van der Waals surface area contributed by atoms with Gasteiger partial charge in [-0.05, 0) is 50.2 Å². The van der Waals surface area contributed by atoms with Crippen molar-refractivity contribution in [3.63, 3.8) is 0 Å². The van der Waals surface area contributed by atoms with Crippen LogP contribution in [-0.2, 0) is 4.79 Å². The lowest BCUT2D eigenvalue weighted by atomic mass is 9.82. The smallest absolute Gasteiger partial charge is 0.306 e. The number of benzene rings is 1. The van der Waals surface area contributed by atoms with Gasteiger partial charge in [0.25, 0.3) is 5.69 Å². The summed E-state index contributed by atoms with van der Waals surface area (Å²) < 4.78 is 0. The summed E-state index contributed by atoms with van der Waals surface area (Å²) in [6, 6.07) is 4.97. The molecule has 0 atom stereocenters. The van der Waals surface area contributed by atoms with Crippen molar-refractivity contribution < 1.29 is 14.8 Å². The highest BCUT2D eigenvalue weighted by Crippen LogP contribution is 2.29. The molecule has 2 N–H and O–H groups in total. The third-order valence-corrected chi connectivity index (χ3v) is 4.06. The van der Waals surface area contributed by atoms with Gasteiger partial charge >= 0.3 is 5.97 Å². The number of nitro benzene ring substituents is 1. The molecule has 6 nitrogen and oxygen atoms in total. The van der Waals surface area contributed by atoms with E-state index in [1.54, 1.807) is 6.07 Å². The fraction of sp³-hybridized carbons (Fsp3) is 0.533. The number of carboxylic acids is 1. The number of carbonyl (C=O) groups is 1. The molecular weight excluding hydrogens is 272 g/mol. The molecule has 0 unspecified atom stereocenters. The predicted octanol–water partition coefficient (Wildman–Crippen LogP) is 3.21. The standard InChI is InChI=1S/C15H20N2O4/c1-10-6-13(8-14(7-10)17(20)21)16-9-11-2-4-12(5-3-11)15(18)19/h6-8,11-12,16H,2-5,9H2,1H3,(H,18,19). The lowest BCUT2D eigenvalue weighted by molar-refractivity contribution is -0.384. The van der Waals surface area contributed by atoms with Crippen molar-refractivity contribution in [3.05, 3.63) is 33.9 Å². The first kappa shape index (κ1) is 15.3. The van der Waals surface area contributed by atoms with E-state index in [1.165, 1.54) is 6.07 Å². The Labute approximate surface area is 123 Å². The number of hydrogen-bond donors (Lipinski definition) is 2. The molecule has 0 aliphatic heterocycles. The Morgan fingerprint density at radius 1 is 1.33 bits per heavy atom. The Morgan fingerprint density at radius 3 is 2.57 bits per heavy atom. The fourth-order valence-electron chi connectivity index (χ4n) is 2.85. The van der Waals surface area contributed by atoms with E-state index in [4.69, 9.17) is 5.11 Å². The van der Waals surface area contributed by atoms with Gasteiger partial charge in [-0.2, -0.15) is 0 Å². The SMILES string of the molecule is Cc1cc(NCC2CCC(C(=O)O)CC2)cc([N+](=O)[O-])c1. The number of rotatable bonds is 5. The highest BCUT2D eigenvalue weighted by atomic mass is 16.6. The van der Waals surface area contributed by atoms with Crippen molar-refractivity contribution in [2.24, 2.45) is 11.8 Å². The van der Waals surface area contributed by atoms with E-state index in [9.17, 15) is 14.9 Å². The van der Waals surface area contributed by atoms with Crippen LogP contribution < -0.4 is 5.32 Å². The van der Waals surface area contributed by atoms with Gasteiger partial charge in [0.05, 0.1) is 10.8 Å². The normalized spacial score (nSPS) is 21.8. The monoisotopic (exact) mass is 292 g/mol. The van der Waals surface area contributed by atoms with Gasteiger partial charge in [-0.1, -0.05) is 0 Å². The van der Waals surface area contributed by atoms with E-state index in [2.05, 4.69) is 5.32 Å². The van der Waals surface area contributed by atoms with E-state index in [1.807, 2.05) is 13.0 Å². The maximum absolute atomic E-state index is 10.9. The van der Waals surface area contributed by atoms with Gasteiger partial charge in [0.2, 0.25) is 0 Å². The number of aliphatic carboxylic acids is 1. The molecule has 114 valence electrons. The number of aryl methyl sites for hydroxylation is 1. The highest BCUT2D eigenvalue weighted by molar-refractivity contribution is 5.70. The van der Waals surface area contributed by atoms with Gasteiger partial charge in [0.15, 0.2) is 0 Å². The van der Waals surface area contributed by atoms with E-state index in [0.29, 0.717) is 5.92 Å². The molecule has 1 aromatic carbocycles. The van der Waals surface area contributed by atoms with E-state index < -0.39 is 10.9 Å². The van der Waals surface area contributed by atoms with Crippen LogP contribution in [0.1, 0.15) is 31.2 Å². The van der Waals surface area contributed by atoms with Gasteiger partial charge in [-0.3, -0.25) is 14.9 Å². The summed E-state index contributed by atoms with van der Waals surface area (Å²) in [5, 5.41) is 23.0. The molecule has 1 fully saturated rings. The van der Waals surface area contributed by atoms with Crippen LogP contribution in [-0.4, -0.2) is 22.5 Å². The average molecular weight is 292 g/mol. The Morgan fingerprint density at radius 2 is 2.00 bits per heavy atom. The second kappa shape index (κ2) is 6.56. The summed E-state index contributed by atoms with van der Waals surface area (Å²) in [5.74, 6) is -0.475. The van der Waals surface area contributed by atoms with Crippen LogP contribution in [0.3, 0.4) is 0 Å². The van der Waals surface area contributed by atoms with Gasteiger partial charge in [0.1, 0.15) is 0 Å². The van der Waals surface area contributed by atoms with Crippen LogP contribution in [0, 0.1) is 28.9 Å². The molecule has 1 saturated carbocycles. The minimum atomic E-state index is -0.698. The molecule has 6 heteroatoms. The summed E-state index contributed by atoms with van der Waals surface area (Å²) >= 11 is 0. The van der Waals surface area contributed by atoms with E-state index in [-0.39, 0.29) is 11.6 Å². The lowest BCUT2D eigenvalue weighted by Gasteiger charge is -2.26. The quantitative estimate of drug-likeness (QED) is 0.642. The van der Waals surface area contributed by atoms with Crippen molar-refractivity contribution in [3.8, 4) is 0 Å². The Kier molecular flexibility index (Phi) is 4.77. The first-order valence-electron chi connectivity index (χ1n) is 7.18. The fourth-order valence-corrected chi connectivity index (χ4v) is 2.85. The van der Waals surface area contributed by atoms with Crippen LogP contribution in [0.2, 0.25) is 0 Å². The highest BCUT2D eigenvalue weighted by Gasteiger charge is 2.25. The van der Waals surface area contributed by atoms with Crippen molar-refractivity contribution in [2.75, 3.05) is 11.9 Å². The summed E-state index contributed by atoms with van der Waals surface area (Å²) in [7, 11) is 0. The Bertz CT molecular complexity index is 536. The van der Waals surface area contributed by atoms with Crippen LogP contribution in [0.25, 0.3) is 0 Å². The third-order valence-electron chi connectivity index (χ3n) is 4.06. The largest absolute Gasteiger partial charge is 0.481 e. The molecule has 0 spiro atoms. The maximum Gasteiger partial charge on any atom is 0.306 e. The van der Waals surface area contributed by atoms with Crippen LogP contribution in [0.5, 0.6) is 0 Å². The first-order valence-corrected chi connectivity index (χ1v) is 7.18. The Balaban J connectivity index is 1.89. The lowest BCUT2D eigenvalue weighted by Crippen LogP contribution is -2.25. The average Bonchev–Trinajstić information content (AvgIpc) is 2.45. The minimum Gasteiger partial charge on any atom is -0.481 e. The third kappa shape index (κ3) is 4.18. The molecule has 1 aliphatic carbocycles. The van der Waals surface area contributed by atoms with Crippen molar-refractivity contribution in [1.29, 1.82) is 0 Å². The minimum absolute atomic E-state index is 0.0899. The summed E-state index contributed by atoms with van der Waals surface area (Å²) in [5.41, 5.74) is 1.69. The summed E-state index contributed by atoms with van der Waals surface area (Å²) in [4.78, 5) is 21.3. The molecule has 21 heavy (non-hydrogen) atoms. The van der Waals surface area contributed by atoms with Gasteiger partial charge in [0, 0.05) is 24.4 Å². The number of nitrogens with zero attached hydrogens (tertiary/aromatic N) is 1. The molecule has 0 bridgehead atoms. The number of anilines is 1. The zero-order valence-electron chi connectivity index (χ0n) is 12.0. The van der Waals surface area contributed by atoms with Crippen molar-refractivity contribution >= 4 is 17.3 Å². The number of hydrogen-bond acceptors (Lipinski definition) is 4. The number of carboxylic acid groups (broad SMARTS) is 1. The molecule has 1 aromatic rings. The molecule has 0 heterocycles. The molecule has 1 aliphatic rings. The second-order valence-electron chi connectivity index (χ2n) is 5.75. The first-order chi connectivity index (χ1) is 9.95. The van der Waals surface area contributed by atoms with Crippen LogP contribution >= 0.6 is 0 Å². The van der Waals surface area contributed by atoms with E-state index >= 15 is 0 Å². The molecule has 0 aromatic heterocycles. The molecule has 0 amide bonds. The maximum atomic E-state index is 10.9. The van der Waals surface area contributed by atoms with Crippen LogP contribution in [0.4, 0.5) is 11.4 Å². The zero-order chi connectivity index (χ0) is 15.4. The second-order valence-corrected chi connectivity index (χ2v) is 5.75. The van der Waals surface area contributed by atoms with E-state index in [0.717, 1.165) is 43.5 Å². The number of nitrogens with one attached hydrogen (secondary N) is 1.